The van der Waals surface area contributed by atoms with Gasteiger partial charge in [-0.2, -0.15) is 0 Å². The minimum atomic E-state index is -0.250. The van der Waals surface area contributed by atoms with Gasteiger partial charge < -0.3 is 19.6 Å². The number of carbonyl (C=O) groups excluding carboxylic acids is 1. The van der Waals surface area contributed by atoms with Crippen LogP contribution < -0.4 is 5.32 Å². The van der Waals surface area contributed by atoms with Crippen LogP contribution in [0.25, 0.3) is 16.8 Å². The van der Waals surface area contributed by atoms with Gasteiger partial charge in [0.2, 0.25) is 0 Å². The fourth-order valence-corrected chi connectivity index (χ4v) is 3.29. The maximum Gasteiger partial charge on any atom is 0.290 e. The number of benzene rings is 1. The lowest BCUT2D eigenvalue weighted by molar-refractivity contribution is -0.122. The number of nitrogens with zero attached hydrogens (tertiary/aromatic N) is 2. The zero-order chi connectivity index (χ0) is 19.9. The summed E-state index contributed by atoms with van der Waals surface area (Å²) in [7, 11) is 0. The Morgan fingerprint density at radius 1 is 1.36 bits per heavy atom. The minimum Gasteiger partial charge on any atom is -0.483 e. The van der Waals surface area contributed by atoms with E-state index in [0.29, 0.717) is 12.1 Å². The fourth-order valence-electron chi connectivity index (χ4n) is 3.29. The Balaban J connectivity index is 0.000000706. The van der Waals surface area contributed by atoms with Crippen molar-refractivity contribution in [2.24, 2.45) is 0 Å². The van der Waals surface area contributed by atoms with Crippen LogP contribution in [-0.4, -0.2) is 46.1 Å². The predicted molar refractivity (Wildman–Crippen MR) is 105 cm³/mol. The lowest BCUT2D eigenvalue weighted by atomic mass is 10.0. The molecule has 1 fully saturated rings. The summed E-state index contributed by atoms with van der Waals surface area (Å²) >= 11 is 0. The first-order chi connectivity index (χ1) is 13.6. The molecule has 1 unspecified atom stereocenters. The number of carboxylic acid groups (broad SMARTS) is 1. The molecule has 1 amide bonds. The van der Waals surface area contributed by atoms with Crippen molar-refractivity contribution < 1.29 is 19.4 Å². The first-order valence-electron chi connectivity index (χ1n) is 9.13. The molecule has 1 aliphatic rings. The topological polar surface area (TPSA) is 92.9 Å². The van der Waals surface area contributed by atoms with E-state index in [1.165, 1.54) is 0 Å². The lowest BCUT2D eigenvalue weighted by Crippen LogP contribution is -2.31. The van der Waals surface area contributed by atoms with Crippen LogP contribution in [0.1, 0.15) is 28.8 Å². The first kappa shape index (κ1) is 19.6. The number of imidazole rings is 1. The van der Waals surface area contributed by atoms with Gasteiger partial charge in [0.25, 0.3) is 12.4 Å². The van der Waals surface area contributed by atoms with Gasteiger partial charge in [0.1, 0.15) is 5.65 Å². The van der Waals surface area contributed by atoms with Gasteiger partial charge in [-0.25, -0.2) is 4.98 Å². The second-order valence-electron chi connectivity index (χ2n) is 6.60. The van der Waals surface area contributed by atoms with Crippen molar-refractivity contribution in [1.29, 1.82) is 0 Å². The maximum absolute atomic E-state index is 12.3. The van der Waals surface area contributed by atoms with Gasteiger partial charge in [-0.05, 0) is 54.7 Å². The molecule has 2 N–H and O–H groups in total. The molecule has 0 spiro atoms. The highest BCUT2D eigenvalue weighted by molar-refractivity contribution is 5.94. The van der Waals surface area contributed by atoms with E-state index in [2.05, 4.69) is 29.5 Å². The molecule has 3 aromatic rings. The summed E-state index contributed by atoms with van der Waals surface area (Å²) in [6, 6.07) is 9.83. The molecule has 1 aliphatic heterocycles. The summed E-state index contributed by atoms with van der Waals surface area (Å²) in [6.45, 7) is 3.19. The van der Waals surface area contributed by atoms with Crippen LogP contribution in [0.4, 0.5) is 0 Å². The molecular formula is C21H23N3O4. The van der Waals surface area contributed by atoms with E-state index >= 15 is 0 Å². The fraction of sp³-hybridized carbons (Fsp3) is 0.286. The quantitative estimate of drug-likeness (QED) is 0.678. The summed E-state index contributed by atoms with van der Waals surface area (Å²) in [6.07, 6.45) is 8.06. The largest absolute Gasteiger partial charge is 0.483 e. The smallest absolute Gasteiger partial charge is 0.290 e. The number of amides is 1. The number of fused-ring (bicyclic) bond motifs is 1. The Morgan fingerprint density at radius 3 is 2.79 bits per heavy atom. The van der Waals surface area contributed by atoms with Crippen molar-refractivity contribution in [3.05, 3.63) is 60.0 Å². The number of aromatic nitrogens is 2. The van der Waals surface area contributed by atoms with Crippen molar-refractivity contribution >= 4 is 18.0 Å². The SMILES string of the molecule is Cc1cc(-c2ccc(C(=O)NCC3CCCO3)cc2)cn2ccnc12.O=CO. The lowest BCUT2D eigenvalue weighted by Gasteiger charge is -2.11. The van der Waals surface area contributed by atoms with E-state index in [9.17, 15) is 4.79 Å². The zero-order valence-corrected chi connectivity index (χ0v) is 15.7. The molecule has 28 heavy (non-hydrogen) atoms. The highest BCUT2D eigenvalue weighted by Gasteiger charge is 2.16. The molecule has 0 saturated carbocycles. The molecule has 3 heterocycles. The monoisotopic (exact) mass is 381 g/mol. The van der Waals surface area contributed by atoms with Crippen molar-refractivity contribution in [3.8, 4) is 11.1 Å². The molecular weight excluding hydrogens is 358 g/mol. The van der Waals surface area contributed by atoms with Gasteiger partial charge in [0.15, 0.2) is 0 Å². The summed E-state index contributed by atoms with van der Waals surface area (Å²) in [4.78, 5) is 25.0. The number of carbonyl (C=O) groups is 2. The van der Waals surface area contributed by atoms with Crippen LogP contribution in [0.5, 0.6) is 0 Å². The Bertz CT molecular complexity index is 944. The second-order valence-corrected chi connectivity index (χ2v) is 6.60. The molecule has 7 nitrogen and oxygen atoms in total. The zero-order valence-electron chi connectivity index (χ0n) is 15.7. The van der Waals surface area contributed by atoms with Crippen LogP contribution in [0.3, 0.4) is 0 Å². The highest BCUT2D eigenvalue weighted by atomic mass is 16.5. The van der Waals surface area contributed by atoms with Gasteiger partial charge >= 0.3 is 0 Å². The molecule has 4 rings (SSSR count). The number of pyridine rings is 1. The predicted octanol–water partition coefficient (Wildman–Crippen LogP) is 2.92. The highest BCUT2D eigenvalue weighted by Crippen LogP contribution is 2.23. The Kier molecular flexibility index (Phi) is 6.39. The van der Waals surface area contributed by atoms with Crippen LogP contribution in [0, 0.1) is 6.92 Å². The van der Waals surface area contributed by atoms with E-state index in [4.69, 9.17) is 14.6 Å². The van der Waals surface area contributed by atoms with Gasteiger partial charge in [0.05, 0.1) is 6.10 Å². The van der Waals surface area contributed by atoms with Crippen LogP contribution in [-0.2, 0) is 9.53 Å². The normalized spacial score (nSPS) is 15.7. The second kappa shape index (κ2) is 9.14. The molecule has 1 atom stereocenters. The maximum atomic E-state index is 12.3. The molecule has 0 aliphatic carbocycles. The standard InChI is InChI=1S/C20H21N3O2.CH2O2/c1-14-11-17(13-23-9-8-21-19(14)23)15-4-6-16(7-5-15)20(24)22-12-18-3-2-10-25-18;2-1-3/h4-9,11,13,18H,2-3,10,12H2,1H3,(H,22,24);1H,(H,2,3). The summed E-state index contributed by atoms with van der Waals surface area (Å²) in [5, 5.41) is 9.84. The molecule has 2 aromatic heterocycles. The average molecular weight is 381 g/mol. The third kappa shape index (κ3) is 4.55. The van der Waals surface area contributed by atoms with E-state index < -0.39 is 0 Å². The number of aryl methyl sites for hydroxylation is 1. The third-order valence-corrected chi connectivity index (χ3v) is 4.67. The summed E-state index contributed by atoms with van der Waals surface area (Å²) in [5.74, 6) is -0.0525. The molecule has 1 aromatic carbocycles. The third-order valence-electron chi connectivity index (χ3n) is 4.67. The molecule has 0 radical (unpaired) electrons. The van der Waals surface area contributed by atoms with Crippen LogP contribution in [0.15, 0.2) is 48.9 Å². The van der Waals surface area contributed by atoms with E-state index in [0.717, 1.165) is 41.8 Å². The Morgan fingerprint density at radius 2 is 2.11 bits per heavy atom. The van der Waals surface area contributed by atoms with Gasteiger partial charge in [-0.3, -0.25) is 9.59 Å². The van der Waals surface area contributed by atoms with Crippen molar-refractivity contribution in [1.82, 2.24) is 14.7 Å². The Hall–Kier alpha value is -3.19. The molecule has 1 saturated heterocycles. The number of nitrogens with one attached hydrogen (secondary N) is 1. The van der Waals surface area contributed by atoms with Crippen molar-refractivity contribution in [2.45, 2.75) is 25.9 Å². The first-order valence-corrected chi connectivity index (χ1v) is 9.13. The summed E-state index contributed by atoms with van der Waals surface area (Å²) < 4.78 is 7.55. The molecule has 7 heteroatoms. The molecule has 146 valence electrons. The number of hydrogen-bond acceptors (Lipinski definition) is 4. The van der Waals surface area contributed by atoms with Gasteiger partial charge in [0, 0.05) is 37.3 Å². The van der Waals surface area contributed by atoms with Gasteiger partial charge in [-0.15, -0.1) is 0 Å². The number of rotatable bonds is 4. The van der Waals surface area contributed by atoms with Gasteiger partial charge in [-0.1, -0.05) is 12.1 Å². The summed E-state index contributed by atoms with van der Waals surface area (Å²) in [5.41, 5.74) is 4.95. The van der Waals surface area contributed by atoms with E-state index in [1.807, 2.05) is 34.9 Å². The van der Waals surface area contributed by atoms with E-state index in [-0.39, 0.29) is 18.5 Å². The van der Waals surface area contributed by atoms with Crippen molar-refractivity contribution in [2.75, 3.05) is 13.2 Å². The van der Waals surface area contributed by atoms with Crippen LogP contribution >= 0.6 is 0 Å². The Labute approximate surface area is 163 Å². The number of ether oxygens (including phenoxy) is 1. The minimum absolute atomic E-state index is 0.0525. The number of hydrogen-bond donors (Lipinski definition) is 2. The van der Waals surface area contributed by atoms with E-state index in [1.54, 1.807) is 6.20 Å². The average Bonchev–Trinajstić information content (AvgIpc) is 3.39. The van der Waals surface area contributed by atoms with Crippen molar-refractivity contribution in [3.63, 3.8) is 0 Å². The van der Waals surface area contributed by atoms with Crippen LogP contribution in [0.2, 0.25) is 0 Å². The molecule has 0 bridgehead atoms.